The van der Waals surface area contributed by atoms with Gasteiger partial charge in [-0.25, -0.2) is 13.8 Å². The molecule has 0 aliphatic rings. The number of nitrogens with zero attached hydrogens (tertiary/aromatic N) is 1. The molecule has 10 heteroatoms. The summed E-state index contributed by atoms with van der Waals surface area (Å²) in [5.41, 5.74) is 0.670. The van der Waals surface area contributed by atoms with E-state index in [1.807, 2.05) is 27.7 Å². The molecule has 0 aliphatic carbocycles. The third-order valence-electron chi connectivity index (χ3n) is 5.43. The van der Waals surface area contributed by atoms with Crippen LogP contribution in [0.4, 0.5) is 14.6 Å². The number of rotatable bonds is 8. The second-order valence-electron chi connectivity index (χ2n) is 10.5. The molecule has 1 aromatic heterocycles. The van der Waals surface area contributed by atoms with Gasteiger partial charge < -0.3 is 16.0 Å². The lowest BCUT2D eigenvalue weighted by Gasteiger charge is -2.18. The second-order valence-corrected chi connectivity index (χ2v) is 10.9. The van der Waals surface area contributed by atoms with Crippen LogP contribution in [-0.4, -0.2) is 29.8 Å². The quantitative estimate of drug-likeness (QED) is 0.215. The van der Waals surface area contributed by atoms with Crippen molar-refractivity contribution in [3.63, 3.8) is 0 Å². The van der Waals surface area contributed by atoms with E-state index in [1.54, 1.807) is 30.5 Å². The highest BCUT2D eigenvalue weighted by atomic mass is 35.5. The molecule has 1 atom stereocenters. The topological polar surface area (TPSA) is 100 Å². The molecular formula is C34H51ClF2N4O3. The lowest BCUT2D eigenvalue weighted by molar-refractivity contribution is -0.123. The zero-order chi connectivity index (χ0) is 34.3. The van der Waals surface area contributed by atoms with E-state index in [0.717, 1.165) is 18.4 Å². The van der Waals surface area contributed by atoms with Crippen molar-refractivity contribution >= 4 is 46.4 Å². The van der Waals surface area contributed by atoms with Crippen LogP contribution < -0.4 is 16.0 Å². The number of aromatic nitrogens is 1. The fourth-order valence-corrected chi connectivity index (χ4v) is 3.37. The van der Waals surface area contributed by atoms with Crippen LogP contribution in [0.2, 0.25) is 5.02 Å². The van der Waals surface area contributed by atoms with Gasteiger partial charge in [0.15, 0.2) is 0 Å². The maximum atomic E-state index is 12.9. The van der Waals surface area contributed by atoms with E-state index in [-0.39, 0.29) is 34.6 Å². The number of anilines is 1. The minimum atomic E-state index is -0.470. The Morgan fingerprint density at radius 2 is 1.66 bits per heavy atom. The first-order valence-corrected chi connectivity index (χ1v) is 15.3. The average Bonchev–Trinajstić information content (AvgIpc) is 2.98. The van der Waals surface area contributed by atoms with Crippen LogP contribution in [0.25, 0.3) is 10.8 Å². The van der Waals surface area contributed by atoms with Crippen LogP contribution in [0.15, 0.2) is 48.7 Å². The number of halogens is 3. The Morgan fingerprint density at radius 3 is 2.20 bits per heavy atom. The molecule has 246 valence electrons. The largest absolute Gasteiger partial charge is 0.356 e. The molecule has 0 saturated heterocycles. The smallest absolute Gasteiger partial charge is 0.222 e. The van der Waals surface area contributed by atoms with Gasteiger partial charge >= 0.3 is 0 Å². The minimum Gasteiger partial charge on any atom is -0.356 e. The summed E-state index contributed by atoms with van der Waals surface area (Å²) in [5, 5.41) is 9.51. The van der Waals surface area contributed by atoms with E-state index in [9.17, 15) is 23.2 Å². The molecule has 0 spiro atoms. The van der Waals surface area contributed by atoms with Gasteiger partial charge in [-0.05, 0) is 52.6 Å². The third-order valence-corrected chi connectivity index (χ3v) is 5.85. The number of nitrogens with one attached hydrogen (secondary N) is 3. The summed E-state index contributed by atoms with van der Waals surface area (Å²) in [6.45, 7) is 21.0. The molecule has 3 amide bonds. The Bertz CT molecular complexity index is 1270. The fraction of sp³-hybridized carbons (Fsp3) is 0.471. The van der Waals surface area contributed by atoms with E-state index < -0.39 is 5.82 Å². The van der Waals surface area contributed by atoms with Gasteiger partial charge in [-0.15, -0.1) is 0 Å². The Kier molecular flexibility index (Phi) is 23.0. The van der Waals surface area contributed by atoms with Gasteiger partial charge in [0.25, 0.3) is 0 Å². The molecular weight excluding hydrogens is 586 g/mol. The number of benzene rings is 2. The molecule has 3 rings (SSSR count). The number of hydrogen-bond donors (Lipinski definition) is 3. The maximum absolute atomic E-state index is 12.9. The molecule has 0 fully saturated rings. The second kappa shape index (κ2) is 23.8. The van der Waals surface area contributed by atoms with Crippen molar-refractivity contribution in [3.8, 4) is 0 Å². The van der Waals surface area contributed by atoms with Gasteiger partial charge in [0.2, 0.25) is 18.2 Å². The highest BCUT2D eigenvalue weighted by Gasteiger charge is 2.15. The lowest BCUT2D eigenvalue weighted by Crippen LogP contribution is -2.30. The van der Waals surface area contributed by atoms with Gasteiger partial charge in [0.1, 0.15) is 17.5 Å². The Labute approximate surface area is 267 Å². The lowest BCUT2D eigenvalue weighted by atomic mass is 9.92. The number of hydrogen-bond acceptors (Lipinski definition) is 4. The highest BCUT2D eigenvalue weighted by molar-refractivity contribution is 6.31. The number of carbonyl (C=O) groups excluding carboxylic acids is 3. The molecule has 0 radical (unpaired) electrons. The van der Waals surface area contributed by atoms with Crippen molar-refractivity contribution in [2.45, 2.75) is 88.6 Å². The van der Waals surface area contributed by atoms with Gasteiger partial charge in [-0.2, -0.15) is 0 Å². The summed E-state index contributed by atoms with van der Waals surface area (Å²) in [5.74, 6) is 0.222. The molecule has 2 aromatic carbocycles. The molecule has 44 heavy (non-hydrogen) atoms. The molecule has 0 bridgehead atoms. The predicted molar refractivity (Wildman–Crippen MR) is 180 cm³/mol. The average molecular weight is 637 g/mol. The monoisotopic (exact) mass is 636 g/mol. The van der Waals surface area contributed by atoms with Crippen LogP contribution in [-0.2, 0) is 20.9 Å². The van der Waals surface area contributed by atoms with Gasteiger partial charge in [-0.3, -0.25) is 14.4 Å². The Morgan fingerprint density at radius 1 is 1.02 bits per heavy atom. The summed E-state index contributed by atoms with van der Waals surface area (Å²) in [6.07, 6.45) is 3.88. The van der Waals surface area contributed by atoms with Crippen LogP contribution in [0, 0.1) is 23.0 Å². The van der Waals surface area contributed by atoms with Gasteiger partial charge in [0, 0.05) is 38.0 Å². The van der Waals surface area contributed by atoms with E-state index in [4.69, 9.17) is 11.6 Å². The minimum absolute atomic E-state index is 0.0619. The first-order chi connectivity index (χ1) is 20.7. The van der Waals surface area contributed by atoms with E-state index in [1.165, 1.54) is 25.1 Å². The third kappa shape index (κ3) is 19.6. The van der Waals surface area contributed by atoms with Crippen LogP contribution >= 0.6 is 11.6 Å². The molecule has 0 aliphatic heterocycles. The van der Waals surface area contributed by atoms with Crippen molar-refractivity contribution in [2.24, 2.45) is 11.3 Å². The standard InChI is InChI=1S/C11H9FN2O.C11H23NO.C8H7ClFNO.2C2H6/c1-7(15)14-11-5-9-4-10(12)3-2-8(9)6-13-11;1-6-9(2)8-12-10(13)7-11(3,4)5;9-8-6(4-11-5-12)2-1-3-7(8)10;2*1-2/h2-6H,1H3,(H,13,14,15);9H,6-8H2,1-5H3,(H,12,13);1-3,5H,4H2,(H,11,12);2*1-2H3. The SMILES string of the molecule is CC.CC.CC(=O)Nc1cc2cc(F)ccc2cn1.CCC(C)CNC(=O)CC(C)(C)C.O=CNCc1cccc(F)c1Cl. The van der Waals surface area contributed by atoms with E-state index >= 15 is 0 Å². The predicted octanol–water partition coefficient (Wildman–Crippen LogP) is 8.69. The van der Waals surface area contributed by atoms with Crippen molar-refractivity contribution in [2.75, 3.05) is 11.9 Å². The van der Waals surface area contributed by atoms with Crippen LogP contribution in [0.3, 0.4) is 0 Å². The van der Waals surface area contributed by atoms with Crippen molar-refractivity contribution in [1.29, 1.82) is 0 Å². The number of carbonyl (C=O) groups is 3. The molecule has 1 heterocycles. The zero-order valence-electron chi connectivity index (χ0n) is 27.9. The fourth-order valence-electron chi connectivity index (χ4n) is 3.17. The van der Waals surface area contributed by atoms with Gasteiger partial charge in [0.05, 0.1) is 5.02 Å². The number of amides is 3. The molecule has 7 nitrogen and oxygen atoms in total. The number of fused-ring (bicyclic) bond motifs is 1. The van der Waals surface area contributed by atoms with Gasteiger partial charge in [-0.1, -0.05) is 92.5 Å². The first kappa shape index (κ1) is 42.5. The summed E-state index contributed by atoms with van der Waals surface area (Å²) in [7, 11) is 0. The molecule has 1 unspecified atom stereocenters. The molecule has 0 saturated carbocycles. The summed E-state index contributed by atoms with van der Waals surface area (Å²) in [4.78, 5) is 36.1. The van der Waals surface area contributed by atoms with E-state index in [0.29, 0.717) is 35.5 Å². The highest BCUT2D eigenvalue weighted by Crippen LogP contribution is 2.20. The number of pyridine rings is 1. The molecule has 3 N–H and O–H groups in total. The van der Waals surface area contributed by atoms with Crippen LogP contribution in [0.1, 0.15) is 87.6 Å². The summed E-state index contributed by atoms with van der Waals surface area (Å²) in [6, 6.07) is 10.5. The normalized spacial score (nSPS) is 10.5. The van der Waals surface area contributed by atoms with Crippen molar-refractivity contribution < 1.29 is 23.2 Å². The van der Waals surface area contributed by atoms with Crippen molar-refractivity contribution in [3.05, 3.63) is 70.9 Å². The first-order valence-electron chi connectivity index (χ1n) is 14.9. The Hall–Kier alpha value is -3.59. The summed E-state index contributed by atoms with van der Waals surface area (Å²) >= 11 is 5.60. The maximum Gasteiger partial charge on any atom is 0.222 e. The Balaban J connectivity index is 0. The summed E-state index contributed by atoms with van der Waals surface area (Å²) < 4.78 is 25.7. The molecule has 3 aromatic rings. The van der Waals surface area contributed by atoms with Crippen molar-refractivity contribution in [1.82, 2.24) is 15.6 Å². The van der Waals surface area contributed by atoms with Crippen LogP contribution in [0.5, 0.6) is 0 Å². The van der Waals surface area contributed by atoms with E-state index in [2.05, 4.69) is 55.6 Å². The zero-order valence-corrected chi connectivity index (χ0v) is 28.7.